The van der Waals surface area contributed by atoms with Crippen molar-refractivity contribution in [3.63, 3.8) is 0 Å². The van der Waals surface area contributed by atoms with E-state index in [0.717, 1.165) is 32.4 Å². The molecule has 2 heterocycles. The van der Waals surface area contributed by atoms with E-state index < -0.39 is 5.60 Å². The molecule has 2 rings (SSSR count). The van der Waals surface area contributed by atoms with Crippen LogP contribution < -0.4 is 5.32 Å². The van der Waals surface area contributed by atoms with Gasteiger partial charge in [-0.1, -0.05) is 0 Å². The highest BCUT2D eigenvalue weighted by atomic mass is 16.6. The summed E-state index contributed by atoms with van der Waals surface area (Å²) in [7, 11) is 0. The minimum atomic E-state index is -0.396. The second-order valence-electron chi connectivity index (χ2n) is 5.44. The Morgan fingerprint density at radius 1 is 1.40 bits per heavy atom. The fourth-order valence-electron chi connectivity index (χ4n) is 2.31. The van der Waals surface area contributed by atoms with Gasteiger partial charge >= 0.3 is 6.09 Å². The van der Waals surface area contributed by atoms with Gasteiger partial charge in [0.05, 0.1) is 5.66 Å². The summed E-state index contributed by atoms with van der Waals surface area (Å²) in [6.07, 6.45) is 3.10. The molecule has 0 aromatic carbocycles. The molecular formula is C11H20N2O2. The number of hydrogen-bond donors (Lipinski definition) is 1. The third kappa shape index (κ3) is 1.95. The van der Waals surface area contributed by atoms with Crippen LogP contribution in [0.15, 0.2) is 0 Å². The Balaban J connectivity index is 1.97. The summed E-state index contributed by atoms with van der Waals surface area (Å²) < 4.78 is 5.38. The summed E-state index contributed by atoms with van der Waals surface area (Å²) in [5, 5.41) is 3.41. The lowest BCUT2D eigenvalue weighted by Crippen LogP contribution is -2.67. The number of rotatable bonds is 0. The Morgan fingerprint density at radius 3 is 2.53 bits per heavy atom. The number of amides is 1. The van der Waals surface area contributed by atoms with E-state index in [9.17, 15) is 4.79 Å². The van der Waals surface area contributed by atoms with E-state index in [2.05, 4.69) is 5.32 Å². The van der Waals surface area contributed by atoms with Gasteiger partial charge in [-0.15, -0.1) is 0 Å². The zero-order valence-corrected chi connectivity index (χ0v) is 9.80. The van der Waals surface area contributed by atoms with Gasteiger partial charge < -0.3 is 4.74 Å². The van der Waals surface area contributed by atoms with Crippen molar-refractivity contribution in [2.45, 2.75) is 51.3 Å². The first-order valence-corrected chi connectivity index (χ1v) is 5.69. The van der Waals surface area contributed by atoms with Gasteiger partial charge in [0.15, 0.2) is 0 Å². The third-order valence-electron chi connectivity index (χ3n) is 3.10. The molecule has 0 radical (unpaired) electrons. The van der Waals surface area contributed by atoms with Crippen molar-refractivity contribution in [3.05, 3.63) is 0 Å². The van der Waals surface area contributed by atoms with Crippen molar-refractivity contribution in [2.75, 3.05) is 13.1 Å². The highest BCUT2D eigenvalue weighted by molar-refractivity contribution is 5.70. The molecule has 1 spiro atoms. The molecule has 2 fully saturated rings. The summed E-state index contributed by atoms with van der Waals surface area (Å²) >= 11 is 0. The molecule has 0 aliphatic carbocycles. The molecule has 15 heavy (non-hydrogen) atoms. The maximum absolute atomic E-state index is 11.9. The smallest absolute Gasteiger partial charge is 0.411 e. The normalized spacial score (nSPS) is 30.5. The first-order chi connectivity index (χ1) is 6.93. The Labute approximate surface area is 91.0 Å². The number of likely N-dealkylation sites (tertiary alicyclic amines) is 1. The zero-order valence-electron chi connectivity index (χ0n) is 9.80. The number of carbonyl (C=O) groups excluding carboxylic acids is 1. The second kappa shape index (κ2) is 3.37. The van der Waals surface area contributed by atoms with Gasteiger partial charge in [-0.25, -0.2) is 4.79 Å². The van der Waals surface area contributed by atoms with Crippen molar-refractivity contribution >= 4 is 6.09 Å². The van der Waals surface area contributed by atoms with Gasteiger partial charge in [0.1, 0.15) is 5.60 Å². The van der Waals surface area contributed by atoms with Crippen molar-refractivity contribution in [1.82, 2.24) is 10.2 Å². The molecule has 1 amide bonds. The van der Waals surface area contributed by atoms with Crippen LogP contribution in [0.5, 0.6) is 0 Å². The lowest BCUT2D eigenvalue weighted by Gasteiger charge is -2.50. The monoisotopic (exact) mass is 212 g/mol. The average Bonchev–Trinajstić information content (AvgIpc) is 2.47. The Morgan fingerprint density at radius 2 is 2.13 bits per heavy atom. The van der Waals surface area contributed by atoms with E-state index in [1.54, 1.807) is 0 Å². The number of nitrogens with one attached hydrogen (secondary N) is 1. The molecule has 0 bridgehead atoms. The van der Waals surface area contributed by atoms with Crippen LogP contribution in [0.2, 0.25) is 0 Å². The summed E-state index contributed by atoms with van der Waals surface area (Å²) in [4.78, 5) is 13.7. The molecular weight excluding hydrogens is 192 g/mol. The fourth-order valence-corrected chi connectivity index (χ4v) is 2.31. The standard InChI is InChI=1S/C11H20N2O2/c1-10(2,3)15-9(14)13-8-6-11(13)5-4-7-12-11/h12H,4-8H2,1-3H3. The van der Waals surface area contributed by atoms with Gasteiger partial charge in [-0.3, -0.25) is 10.2 Å². The van der Waals surface area contributed by atoms with Crippen LogP contribution in [0.4, 0.5) is 4.79 Å². The molecule has 0 aromatic heterocycles. The van der Waals surface area contributed by atoms with Crippen LogP contribution in [-0.2, 0) is 4.74 Å². The average molecular weight is 212 g/mol. The molecule has 2 aliphatic heterocycles. The zero-order chi connectivity index (χ0) is 11.1. The first kappa shape index (κ1) is 10.7. The SMILES string of the molecule is CC(C)(C)OC(=O)N1CCC12CCCN2. The second-order valence-corrected chi connectivity index (χ2v) is 5.44. The van der Waals surface area contributed by atoms with E-state index in [-0.39, 0.29) is 11.8 Å². The highest BCUT2D eigenvalue weighted by Crippen LogP contribution is 2.36. The van der Waals surface area contributed by atoms with E-state index in [1.165, 1.54) is 0 Å². The van der Waals surface area contributed by atoms with E-state index in [4.69, 9.17) is 4.74 Å². The molecule has 2 aliphatic rings. The first-order valence-electron chi connectivity index (χ1n) is 5.69. The van der Waals surface area contributed by atoms with Crippen molar-refractivity contribution in [2.24, 2.45) is 0 Å². The number of ether oxygens (including phenoxy) is 1. The van der Waals surface area contributed by atoms with E-state index >= 15 is 0 Å². The van der Waals surface area contributed by atoms with Crippen molar-refractivity contribution in [1.29, 1.82) is 0 Å². The summed E-state index contributed by atoms with van der Waals surface area (Å²) in [6, 6.07) is 0. The van der Waals surface area contributed by atoms with Gasteiger partial charge in [-0.2, -0.15) is 0 Å². The molecule has 4 heteroatoms. The number of carbonyl (C=O) groups is 1. The van der Waals surface area contributed by atoms with Crippen LogP contribution in [0.1, 0.15) is 40.0 Å². The van der Waals surface area contributed by atoms with E-state index in [0.29, 0.717) is 0 Å². The number of hydrogen-bond acceptors (Lipinski definition) is 3. The summed E-state index contributed by atoms with van der Waals surface area (Å²) in [5.74, 6) is 0. The van der Waals surface area contributed by atoms with Gasteiger partial charge in [-0.05, 0) is 40.2 Å². The highest BCUT2D eigenvalue weighted by Gasteiger charge is 2.50. The van der Waals surface area contributed by atoms with Crippen LogP contribution in [0, 0.1) is 0 Å². The molecule has 1 atom stereocenters. The molecule has 4 nitrogen and oxygen atoms in total. The van der Waals surface area contributed by atoms with Crippen molar-refractivity contribution in [3.8, 4) is 0 Å². The predicted octanol–water partition coefficient (Wildman–Crippen LogP) is 1.71. The van der Waals surface area contributed by atoms with Crippen LogP contribution in [0.3, 0.4) is 0 Å². The quantitative estimate of drug-likeness (QED) is 0.664. The largest absolute Gasteiger partial charge is 0.444 e. The minimum Gasteiger partial charge on any atom is -0.444 e. The molecule has 2 saturated heterocycles. The van der Waals surface area contributed by atoms with Gasteiger partial charge in [0, 0.05) is 13.0 Å². The van der Waals surface area contributed by atoms with E-state index in [1.807, 2.05) is 25.7 Å². The fraction of sp³-hybridized carbons (Fsp3) is 0.909. The Hall–Kier alpha value is -0.770. The van der Waals surface area contributed by atoms with Gasteiger partial charge in [0.25, 0.3) is 0 Å². The van der Waals surface area contributed by atoms with Crippen molar-refractivity contribution < 1.29 is 9.53 Å². The van der Waals surface area contributed by atoms with Crippen LogP contribution in [-0.4, -0.2) is 35.3 Å². The molecule has 86 valence electrons. The maximum Gasteiger partial charge on any atom is 0.411 e. The lowest BCUT2D eigenvalue weighted by molar-refractivity contribution is -0.0514. The Kier molecular flexibility index (Phi) is 2.41. The molecule has 0 aromatic rings. The Bertz CT molecular complexity index is 264. The molecule has 0 saturated carbocycles. The summed E-state index contributed by atoms with van der Waals surface area (Å²) in [6.45, 7) is 7.54. The topological polar surface area (TPSA) is 41.6 Å². The number of nitrogens with zero attached hydrogens (tertiary/aromatic N) is 1. The van der Waals surface area contributed by atoms with Gasteiger partial charge in [0.2, 0.25) is 0 Å². The lowest BCUT2D eigenvalue weighted by atomic mass is 9.93. The molecule has 1 unspecified atom stereocenters. The minimum absolute atomic E-state index is 0.0671. The predicted molar refractivity (Wildman–Crippen MR) is 57.5 cm³/mol. The summed E-state index contributed by atoms with van der Waals surface area (Å²) in [5.41, 5.74) is -0.463. The molecule has 1 N–H and O–H groups in total. The maximum atomic E-state index is 11.9. The van der Waals surface area contributed by atoms with Crippen LogP contribution in [0.25, 0.3) is 0 Å². The van der Waals surface area contributed by atoms with Crippen LogP contribution >= 0.6 is 0 Å². The third-order valence-corrected chi connectivity index (χ3v) is 3.10.